The molecule has 2 rings (SSSR count). The molecule has 1 aliphatic carbocycles. The molecular formula is C17H22N4O5. The summed E-state index contributed by atoms with van der Waals surface area (Å²) in [4.78, 5) is 49.4. The zero-order valence-corrected chi connectivity index (χ0v) is 14.8. The fraction of sp³-hybridized carbons (Fsp3) is 0.647. The van der Waals surface area contributed by atoms with Gasteiger partial charge in [-0.2, -0.15) is 5.26 Å². The van der Waals surface area contributed by atoms with Crippen molar-refractivity contribution in [1.29, 1.82) is 10.7 Å². The summed E-state index contributed by atoms with van der Waals surface area (Å²) in [5.41, 5.74) is -1.11. The summed E-state index contributed by atoms with van der Waals surface area (Å²) in [6.45, 7) is 1.94. The van der Waals surface area contributed by atoms with Gasteiger partial charge in [0, 0.05) is 5.71 Å². The lowest BCUT2D eigenvalue weighted by molar-refractivity contribution is -0.151. The molecule has 0 radical (unpaired) electrons. The summed E-state index contributed by atoms with van der Waals surface area (Å²) in [7, 11) is 0. The lowest BCUT2D eigenvalue weighted by atomic mass is 9.73. The van der Waals surface area contributed by atoms with E-state index in [1.54, 1.807) is 6.07 Å². The third kappa shape index (κ3) is 3.59. The summed E-state index contributed by atoms with van der Waals surface area (Å²) in [6, 6.07) is 1.02. The summed E-state index contributed by atoms with van der Waals surface area (Å²) < 4.78 is 4.79. The number of carbonyl (C=O) groups excluding carboxylic acids is 4. The molecule has 3 amide bonds. The number of nitriles is 1. The maximum atomic E-state index is 12.7. The minimum atomic E-state index is -1.27. The first-order chi connectivity index (χ1) is 12.2. The average Bonchev–Trinajstić information content (AvgIpc) is 2.81. The zero-order chi connectivity index (χ0) is 19.5. The maximum absolute atomic E-state index is 12.7. The van der Waals surface area contributed by atoms with Crippen molar-refractivity contribution in [2.24, 2.45) is 11.8 Å². The molecule has 2 aliphatic rings. The number of hydrogen-bond acceptors (Lipinski definition) is 7. The lowest BCUT2D eigenvalue weighted by Crippen LogP contribution is -2.54. The van der Waals surface area contributed by atoms with Gasteiger partial charge in [-0.3, -0.25) is 19.3 Å². The van der Waals surface area contributed by atoms with Crippen LogP contribution in [0.4, 0.5) is 4.79 Å². The van der Waals surface area contributed by atoms with Crippen LogP contribution in [-0.2, 0) is 19.1 Å². The van der Waals surface area contributed by atoms with Gasteiger partial charge in [0.2, 0.25) is 0 Å². The molecule has 0 aromatic heterocycles. The predicted molar refractivity (Wildman–Crippen MR) is 89.1 cm³/mol. The normalized spacial score (nSPS) is 26.2. The first kappa shape index (κ1) is 19.6. The Bertz CT molecular complexity index is 698. The van der Waals surface area contributed by atoms with Crippen molar-refractivity contribution in [1.82, 2.24) is 10.2 Å². The number of urea groups is 1. The van der Waals surface area contributed by atoms with Gasteiger partial charge in [-0.15, -0.1) is 0 Å². The molecule has 0 aromatic carbocycles. The third-order valence-corrected chi connectivity index (χ3v) is 5.05. The van der Waals surface area contributed by atoms with Gasteiger partial charge in [-0.25, -0.2) is 4.79 Å². The standard InChI is InChI=1S/C17H22N4O5/c1-10-5-3-4-6-17(10)15(24)21(16(25)20-17)8-14(23)26-9-13(22)12(7-18)11(2)19/h10,12,19H,3-6,8-9H2,1-2H3,(H,20,25)/t10-,12+,17+/m0/s1. The highest BCUT2D eigenvalue weighted by atomic mass is 16.5. The SMILES string of the molecule is CC(=N)[C@@H](C#N)C(=O)COC(=O)CN1C(=O)N[C@@]2(CCCC[C@@H]2C)C1=O. The third-order valence-electron chi connectivity index (χ3n) is 5.05. The highest BCUT2D eigenvalue weighted by molar-refractivity contribution is 6.09. The number of ether oxygens (including phenoxy) is 1. The van der Waals surface area contributed by atoms with Gasteiger partial charge in [0.15, 0.2) is 12.4 Å². The molecule has 9 heteroatoms. The average molecular weight is 362 g/mol. The summed E-state index contributed by atoms with van der Waals surface area (Å²) in [5.74, 6) is -3.37. The molecule has 2 fully saturated rings. The number of nitrogens with zero attached hydrogens (tertiary/aromatic N) is 2. The first-order valence-electron chi connectivity index (χ1n) is 8.50. The second-order valence-electron chi connectivity index (χ2n) is 6.81. The summed E-state index contributed by atoms with van der Waals surface area (Å²) in [5, 5.41) is 18.9. The molecule has 26 heavy (non-hydrogen) atoms. The van der Waals surface area contributed by atoms with Crippen LogP contribution in [0.25, 0.3) is 0 Å². The van der Waals surface area contributed by atoms with Gasteiger partial charge in [0.1, 0.15) is 18.0 Å². The van der Waals surface area contributed by atoms with Crippen LogP contribution in [0.15, 0.2) is 0 Å². The number of rotatable bonds is 6. The fourth-order valence-electron chi connectivity index (χ4n) is 3.46. The van der Waals surface area contributed by atoms with Crippen LogP contribution < -0.4 is 5.32 Å². The van der Waals surface area contributed by atoms with Crippen molar-refractivity contribution in [3.05, 3.63) is 0 Å². The Morgan fingerprint density at radius 1 is 1.46 bits per heavy atom. The molecule has 1 spiro atoms. The first-order valence-corrected chi connectivity index (χ1v) is 8.50. The number of Topliss-reactive ketones (excluding diaryl/α,β-unsaturated/α-hetero) is 1. The molecule has 0 bridgehead atoms. The van der Waals surface area contributed by atoms with E-state index in [2.05, 4.69) is 5.32 Å². The quantitative estimate of drug-likeness (QED) is 0.406. The molecule has 2 N–H and O–H groups in total. The van der Waals surface area contributed by atoms with Crippen LogP contribution in [0, 0.1) is 28.6 Å². The number of imide groups is 1. The second kappa shape index (κ2) is 7.64. The van der Waals surface area contributed by atoms with Gasteiger partial charge >= 0.3 is 12.0 Å². The number of amides is 3. The van der Waals surface area contributed by atoms with E-state index in [4.69, 9.17) is 15.4 Å². The van der Waals surface area contributed by atoms with E-state index >= 15 is 0 Å². The van der Waals surface area contributed by atoms with Gasteiger partial charge in [-0.05, 0) is 25.7 Å². The molecule has 1 heterocycles. The largest absolute Gasteiger partial charge is 0.456 e. The minimum Gasteiger partial charge on any atom is -0.456 e. The maximum Gasteiger partial charge on any atom is 0.326 e. The molecule has 0 unspecified atom stereocenters. The highest BCUT2D eigenvalue weighted by Crippen LogP contribution is 2.38. The van der Waals surface area contributed by atoms with Crippen LogP contribution >= 0.6 is 0 Å². The number of ketones is 1. The number of nitrogens with one attached hydrogen (secondary N) is 2. The number of esters is 1. The smallest absolute Gasteiger partial charge is 0.326 e. The Balaban J connectivity index is 1.96. The molecule has 1 aliphatic heterocycles. The van der Waals surface area contributed by atoms with E-state index in [9.17, 15) is 19.2 Å². The molecule has 140 valence electrons. The topological polar surface area (TPSA) is 140 Å². The molecule has 1 saturated heterocycles. The van der Waals surface area contributed by atoms with Gasteiger partial charge in [0.05, 0.1) is 6.07 Å². The monoisotopic (exact) mass is 362 g/mol. The van der Waals surface area contributed by atoms with E-state index in [-0.39, 0.29) is 11.6 Å². The highest BCUT2D eigenvalue weighted by Gasteiger charge is 2.55. The number of carbonyl (C=O) groups is 4. The van der Waals surface area contributed by atoms with E-state index < -0.39 is 48.3 Å². The van der Waals surface area contributed by atoms with Crippen LogP contribution in [-0.4, -0.2) is 53.0 Å². The molecular weight excluding hydrogens is 340 g/mol. The Kier molecular flexibility index (Phi) is 5.75. The molecule has 3 atom stereocenters. The Hall–Kier alpha value is -2.76. The van der Waals surface area contributed by atoms with Crippen LogP contribution in [0.2, 0.25) is 0 Å². The molecule has 0 aromatic rings. The van der Waals surface area contributed by atoms with Gasteiger partial charge in [-0.1, -0.05) is 19.8 Å². The van der Waals surface area contributed by atoms with Gasteiger partial charge in [0.25, 0.3) is 5.91 Å². The Labute approximate surface area is 151 Å². The van der Waals surface area contributed by atoms with Crippen molar-refractivity contribution in [2.45, 2.75) is 45.1 Å². The van der Waals surface area contributed by atoms with Crippen LogP contribution in [0.1, 0.15) is 39.5 Å². The second-order valence-corrected chi connectivity index (χ2v) is 6.81. The molecule has 1 saturated carbocycles. The van der Waals surface area contributed by atoms with Crippen molar-refractivity contribution in [3.8, 4) is 6.07 Å². The van der Waals surface area contributed by atoms with E-state index in [1.165, 1.54) is 6.92 Å². The Morgan fingerprint density at radius 3 is 2.73 bits per heavy atom. The van der Waals surface area contributed by atoms with Crippen molar-refractivity contribution in [2.75, 3.05) is 13.2 Å². The van der Waals surface area contributed by atoms with Crippen molar-refractivity contribution >= 4 is 29.4 Å². The zero-order valence-electron chi connectivity index (χ0n) is 14.8. The number of hydrogen-bond donors (Lipinski definition) is 2. The predicted octanol–water partition coefficient (Wildman–Crippen LogP) is 0.779. The van der Waals surface area contributed by atoms with Crippen LogP contribution in [0.3, 0.4) is 0 Å². The fourth-order valence-corrected chi connectivity index (χ4v) is 3.46. The molecule has 9 nitrogen and oxygen atoms in total. The van der Waals surface area contributed by atoms with E-state index in [0.29, 0.717) is 6.42 Å². The summed E-state index contributed by atoms with van der Waals surface area (Å²) in [6.07, 6.45) is 3.16. The van der Waals surface area contributed by atoms with Crippen molar-refractivity contribution in [3.63, 3.8) is 0 Å². The van der Waals surface area contributed by atoms with Crippen molar-refractivity contribution < 1.29 is 23.9 Å². The Morgan fingerprint density at radius 2 is 2.15 bits per heavy atom. The van der Waals surface area contributed by atoms with Crippen LogP contribution in [0.5, 0.6) is 0 Å². The lowest BCUT2D eigenvalue weighted by Gasteiger charge is -2.36. The van der Waals surface area contributed by atoms with Gasteiger partial charge < -0.3 is 15.5 Å². The summed E-state index contributed by atoms with van der Waals surface area (Å²) >= 11 is 0. The minimum absolute atomic E-state index is 0.0257. The van der Waals surface area contributed by atoms with E-state index in [0.717, 1.165) is 24.2 Å². The van der Waals surface area contributed by atoms with E-state index in [1.807, 2.05) is 6.92 Å².